The van der Waals surface area contributed by atoms with Crippen LogP contribution in [0.15, 0.2) is 30.3 Å². The van der Waals surface area contributed by atoms with Crippen molar-refractivity contribution in [2.24, 2.45) is 5.92 Å². The molecule has 0 spiro atoms. The first-order chi connectivity index (χ1) is 17.0. The molecule has 0 radical (unpaired) electrons. The van der Waals surface area contributed by atoms with Crippen LogP contribution in [0.4, 0.5) is 5.69 Å². The molecule has 1 aromatic carbocycles. The van der Waals surface area contributed by atoms with E-state index in [1.807, 2.05) is 45.9 Å². The molecule has 1 aromatic rings. The summed E-state index contributed by atoms with van der Waals surface area (Å²) in [6.07, 6.45) is 0.853. The highest BCUT2D eigenvalue weighted by molar-refractivity contribution is 6.78. The van der Waals surface area contributed by atoms with Crippen molar-refractivity contribution in [3.63, 3.8) is 0 Å². The highest BCUT2D eigenvalue weighted by Crippen LogP contribution is 2.42. The minimum Gasteiger partial charge on any atom is -0.518 e. The van der Waals surface area contributed by atoms with Crippen LogP contribution >= 0.6 is 0 Å². The van der Waals surface area contributed by atoms with Crippen molar-refractivity contribution in [2.75, 3.05) is 37.8 Å². The second kappa shape index (κ2) is 15.9. The number of carbonyl (C=O) groups excluding carboxylic acids is 1. The molecule has 0 N–H and O–H groups in total. The zero-order chi connectivity index (χ0) is 27.4. The highest BCUT2D eigenvalue weighted by atomic mass is 28.4. The molecule has 6 nitrogen and oxygen atoms in total. The number of carbonyl (C=O) groups is 1. The lowest BCUT2D eigenvalue weighted by molar-refractivity contribution is -0.139. The molecule has 208 valence electrons. The monoisotopic (exact) mass is 539 g/mol. The van der Waals surface area contributed by atoms with Gasteiger partial charge >= 0.3 is 8.80 Å². The zero-order valence-corrected chi connectivity index (χ0v) is 26.6. The lowest BCUT2D eigenvalue weighted by Gasteiger charge is -2.42. The van der Waals surface area contributed by atoms with Gasteiger partial charge in [-0.2, -0.15) is 0 Å². The minimum absolute atomic E-state index is 0.0691. The Balaban J connectivity index is 3.04. The fourth-order valence-electron chi connectivity index (χ4n) is 5.49. The number of hydrogen-bond donors (Lipinski definition) is 0. The standard InChI is InChI=1S/C28H53NO5Si2/c1-11-31-35(32-12-2,33-13-3)21-17-20-29(27-18-15-14-16-19-27)22-26(10)28(30)34-36(23(4)5,24(6)7)25(8)9/h14-16,18-19,23-26H,11-13,17,20-22H2,1-10H3. The van der Waals surface area contributed by atoms with Crippen LogP contribution < -0.4 is 4.90 Å². The number of hydrogen-bond acceptors (Lipinski definition) is 6. The van der Waals surface area contributed by atoms with Gasteiger partial charge in [0.1, 0.15) is 0 Å². The SMILES string of the molecule is CCO[Si](CCCN(CC(C)C(=O)O[Si](C(C)C)(C(C)C)C(C)C)c1ccccc1)(OCC)OCC. The van der Waals surface area contributed by atoms with E-state index < -0.39 is 17.1 Å². The van der Waals surface area contributed by atoms with Gasteiger partial charge in [-0.1, -0.05) is 66.7 Å². The first-order valence-electron chi connectivity index (χ1n) is 13.9. The van der Waals surface area contributed by atoms with Gasteiger partial charge in [0.25, 0.3) is 14.3 Å². The summed E-state index contributed by atoms with van der Waals surface area (Å²) in [5, 5.41) is 0. The number of rotatable bonds is 18. The Bertz CT molecular complexity index is 706. The van der Waals surface area contributed by atoms with Gasteiger partial charge in [-0.15, -0.1) is 0 Å². The molecule has 0 amide bonds. The van der Waals surface area contributed by atoms with Gasteiger partial charge in [0.2, 0.25) is 0 Å². The molecule has 1 rings (SSSR count). The van der Waals surface area contributed by atoms with E-state index >= 15 is 0 Å². The van der Waals surface area contributed by atoms with Crippen molar-refractivity contribution in [2.45, 2.75) is 98.3 Å². The van der Waals surface area contributed by atoms with Crippen LogP contribution in [-0.4, -0.2) is 56.0 Å². The smallest absolute Gasteiger partial charge is 0.500 e. The predicted molar refractivity (Wildman–Crippen MR) is 155 cm³/mol. The third kappa shape index (κ3) is 8.97. The predicted octanol–water partition coefficient (Wildman–Crippen LogP) is 7.29. The van der Waals surface area contributed by atoms with Crippen molar-refractivity contribution >= 4 is 28.8 Å². The summed E-state index contributed by atoms with van der Waals surface area (Å²) in [7, 11) is -4.98. The van der Waals surface area contributed by atoms with Crippen molar-refractivity contribution in [3.05, 3.63) is 30.3 Å². The van der Waals surface area contributed by atoms with Gasteiger partial charge in [0, 0.05) is 44.6 Å². The number of para-hydroxylation sites is 1. The third-order valence-electron chi connectivity index (χ3n) is 7.01. The van der Waals surface area contributed by atoms with Gasteiger partial charge in [-0.3, -0.25) is 4.79 Å². The second-order valence-corrected chi connectivity index (χ2v) is 18.6. The average Bonchev–Trinajstić information content (AvgIpc) is 2.82. The Labute approximate surface area is 223 Å². The van der Waals surface area contributed by atoms with Crippen LogP contribution in [0.25, 0.3) is 0 Å². The van der Waals surface area contributed by atoms with Gasteiger partial charge in [0.15, 0.2) is 0 Å². The molecule has 0 aromatic heterocycles. The lowest BCUT2D eigenvalue weighted by atomic mass is 10.1. The maximum atomic E-state index is 13.5. The molecule has 8 heteroatoms. The summed E-state index contributed by atoms with van der Waals surface area (Å²) < 4.78 is 24.6. The van der Waals surface area contributed by atoms with Crippen molar-refractivity contribution in [3.8, 4) is 0 Å². The van der Waals surface area contributed by atoms with E-state index in [-0.39, 0.29) is 11.9 Å². The summed E-state index contributed by atoms with van der Waals surface area (Å²) in [4.78, 5) is 15.8. The van der Waals surface area contributed by atoms with Gasteiger partial charge in [-0.05, 0) is 55.9 Å². The largest absolute Gasteiger partial charge is 0.518 e. The van der Waals surface area contributed by atoms with Crippen LogP contribution in [-0.2, 0) is 22.5 Å². The maximum Gasteiger partial charge on any atom is 0.500 e. The fraction of sp³-hybridized carbons (Fsp3) is 0.750. The van der Waals surface area contributed by atoms with Crippen LogP contribution in [0.3, 0.4) is 0 Å². The molecule has 0 aliphatic rings. The Morgan fingerprint density at radius 1 is 0.806 bits per heavy atom. The van der Waals surface area contributed by atoms with Crippen LogP contribution in [0, 0.1) is 5.92 Å². The summed E-state index contributed by atoms with van der Waals surface area (Å²) in [6, 6.07) is 11.1. The fourth-order valence-corrected chi connectivity index (χ4v) is 13.3. The minimum atomic E-state index is -2.71. The maximum absolute atomic E-state index is 13.5. The van der Waals surface area contributed by atoms with E-state index in [0.717, 1.165) is 24.7 Å². The van der Waals surface area contributed by atoms with Crippen molar-refractivity contribution in [1.29, 1.82) is 0 Å². The molecule has 1 atom stereocenters. The van der Waals surface area contributed by atoms with E-state index in [9.17, 15) is 4.79 Å². The lowest BCUT2D eigenvalue weighted by Crippen LogP contribution is -2.51. The molecule has 1 unspecified atom stereocenters. The van der Waals surface area contributed by atoms with Crippen molar-refractivity contribution < 1.29 is 22.5 Å². The normalized spacial score (nSPS) is 13.5. The Morgan fingerprint density at radius 2 is 1.28 bits per heavy atom. The number of anilines is 1. The molecule has 0 fully saturated rings. The molecular weight excluding hydrogens is 486 g/mol. The summed E-state index contributed by atoms with van der Waals surface area (Å²) in [5.74, 6) is -0.304. The highest BCUT2D eigenvalue weighted by Gasteiger charge is 2.48. The Kier molecular flexibility index (Phi) is 14.5. The van der Waals surface area contributed by atoms with E-state index in [4.69, 9.17) is 17.7 Å². The molecule has 36 heavy (non-hydrogen) atoms. The molecule has 0 bridgehead atoms. The van der Waals surface area contributed by atoms with Gasteiger partial charge < -0.3 is 22.6 Å². The molecule has 0 aliphatic heterocycles. The van der Waals surface area contributed by atoms with Crippen LogP contribution in [0.1, 0.15) is 75.7 Å². The Hall–Kier alpha value is -1.20. The van der Waals surface area contributed by atoms with Gasteiger partial charge in [0.05, 0.1) is 5.92 Å². The van der Waals surface area contributed by atoms with E-state index in [0.29, 0.717) is 43.0 Å². The molecule has 0 heterocycles. The van der Waals surface area contributed by atoms with Crippen molar-refractivity contribution in [1.82, 2.24) is 0 Å². The molecular formula is C28H53NO5Si2. The quantitative estimate of drug-likeness (QED) is 0.183. The molecule has 0 saturated heterocycles. The summed E-state index contributed by atoms with van der Waals surface area (Å²) >= 11 is 0. The molecule has 0 saturated carbocycles. The summed E-state index contributed by atoms with van der Waals surface area (Å²) in [5.41, 5.74) is 2.21. The van der Waals surface area contributed by atoms with Crippen LogP contribution in [0.5, 0.6) is 0 Å². The third-order valence-corrected chi connectivity index (χ3v) is 16.1. The van der Waals surface area contributed by atoms with E-state index in [1.165, 1.54) is 0 Å². The van der Waals surface area contributed by atoms with Gasteiger partial charge in [-0.25, -0.2) is 0 Å². The average molecular weight is 540 g/mol. The zero-order valence-electron chi connectivity index (χ0n) is 24.6. The topological polar surface area (TPSA) is 57.2 Å². The van der Waals surface area contributed by atoms with E-state index in [1.54, 1.807) is 0 Å². The number of benzene rings is 1. The Morgan fingerprint density at radius 3 is 1.69 bits per heavy atom. The van der Waals surface area contributed by atoms with Crippen LogP contribution in [0.2, 0.25) is 22.7 Å². The molecule has 0 aliphatic carbocycles. The van der Waals surface area contributed by atoms with E-state index in [2.05, 4.69) is 58.6 Å². The first kappa shape index (κ1) is 32.8. The first-order valence-corrected chi connectivity index (χ1v) is 18.0. The second-order valence-electron chi connectivity index (χ2n) is 10.5. The summed E-state index contributed by atoms with van der Waals surface area (Å²) in [6.45, 7) is 24.3. The number of nitrogens with zero attached hydrogens (tertiary/aromatic N) is 1.